The number of likely N-dealkylation sites (tertiary alicyclic amines) is 1. The van der Waals surface area contributed by atoms with Crippen molar-refractivity contribution >= 4 is 24.3 Å². The number of amides is 3. The van der Waals surface area contributed by atoms with Gasteiger partial charge in [0, 0.05) is 19.2 Å². The van der Waals surface area contributed by atoms with Crippen molar-refractivity contribution < 1.29 is 14.4 Å². The summed E-state index contributed by atoms with van der Waals surface area (Å²) in [6.07, 6.45) is 5.48. The molecular formula is C16H19N3O3. The van der Waals surface area contributed by atoms with Crippen LogP contribution in [0.3, 0.4) is 0 Å². The first kappa shape index (κ1) is 15.8. The average molecular weight is 301 g/mol. The Balaban J connectivity index is 1.97. The van der Waals surface area contributed by atoms with E-state index in [0.29, 0.717) is 19.4 Å². The van der Waals surface area contributed by atoms with E-state index in [9.17, 15) is 14.4 Å². The number of rotatable bonds is 4. The maximum absolute atomic E-state index is 12.1. The van der Waals surface area contributed by atoms with Crippen molar-refractivity contribution in [2.75, 3.05) is 19.6 Å². The van der Waals surface area contributed by atoms with Gasteiger partial charge in [-0.05, 0) is 24.5 Å². The molecule has 0 unspecified atom stereocenters. The molecule has 116 valence electrons. The summed E-state index contributed by atoms with van der Waals surface area (Å²) < 4.78 is 0. The van der Waals surface area contributed by atoms with E-state index in [1.54, 1.807) is 11.0 Å². The Bertz CT molecular complexity index is 551. The Morgan fingerprint density at radius 2 is 1.86 bits per heavy atom. The summed E-state index contributed by atoms with van der Waals surface area (Å²) in [5.74, 6) is -0.441. The van der Waals surface area contributed by atoms with Crippen LogP contribution in [0.5, 0.6) is 0 Å². The first-order valence-corrected chi connectivity index (χ1v) is 7.24. The van der Waals surface area contributed by atoms with Crippen molar-refractivity contribution in [3.63, 3.8) is 0 Å². The molecule has 0 saturated carbocycles. The molecule has 2 rings (SSSR count). The molecule has 6 heteroatoms. The first-order chi connectivity index (χ1) is 10.7. The molecule has 1 heterocycles. The third kappa shape index (κ3) is 4.44. The molecule has 1 aromatic carbocycles. The van der Waals surface area contributed by atoms with Gasteiger partial charge in [0.05, 0.1) is 6.54 Å². The van der Waals surface area contributed by atoms with Gasteiger partial charge in [0.1, 0.15) is 6.29 Å². The molecule has 22 heavy (non-hydrogen) atoms. The SMILES string of the molecule is O=CCN(NC(=O)N1CCCC1)C(=O)C=Cc1ccccc1. The minimum absolute atomic E-state index is 0.183. The van der Waals surface area contributed by atoms with Crippen molar-refractivity contribution in [1.82, 2.24) is 15.3 Å². The van der Waals surface area contributed by atoms with Crippen LogP contribution in [0.4, 0.5) is 4.79 Å². The second kappa shape index (κ2) is 7.97. The predicted octanol–water partition coefficient (Wildman–Crippen LogP) is 1.45. The molecule has 1 N–H and O–H groups in total. The number of hydrogen-bond acceptors (Lipinski definition) is 3. The lowest BCUT2D eigenvalue weighted by atomic mass is 10.2. The van der Waals surface area contributed by atoms with Crippen LogP contribution in [0.2, 0.25) is 0 Å². The smallest absolute Gasteiger partial charge is 0.323 e. The monoisotopic (exact) mass is 301 g/mol. The Kier molecular flexibility index (Phi) is 5.71. The fraction of sp³-hybridized carbons (Fsp3) is 0.312. The van der Waals surface area contributed by atoms with E-state index in [2.05, 4.69) is 5.43 Å². The van der Waals surface area contributed by atoms with E-state index in [4.69, 9.17) is 0 Å². The van der Waals surface area contributed by atoms with Gasteiger partial charge in [-0.15, -0.1) is 0 Å². The second-order valence-corrected chi connectivity index (χ2v) is 4.97. The molecule has 0 bridgehead atoms. The van der Waals surface area contributed by atoms with Crippen molar-refractivity contribution in [1.29, 1.82) is 0 Å². The second-order valence-electron chi connectivity index (χ2n) is 4.97. The number of carbonyl (C=O) groups is 3. The summed E-state index contributed by atoms with van der Waals surface area (Å²) in [6.45, 7) is 1.17. The molecular weight excluding hydrogens is 282 g/mol. The number of benzene rings is 1. The minimum atomic E-state index is -0.441. The maximum atomic E-state index is 12.1. The molecule has 0 radical (unpaired) electrons. The molecule has 6 nitrogen and oxygen atoms in total. The molecule has 1 aliphatic rings. The lowest BCUT2D eigenvalue weighted by molar-refractivity contribution is -0.130. The summed E-state index contributed by atoms with van der Waals surface area (Å²) in [7, 11) is 0. The van der Waals surface area contributed by atoms with Crippen LogP contribution < -0.4 is 5.43 Å². The standard InChI is InChI=1S/C16H19N3O3/c20-13-12-19(17-16(22)18-10-4-5-11-18)15(21)9-8-14-6-2-1-3-7-14/h1-3,6-9,13H,4-5,10-12H2,(H,17,22). The largest absolute Gasteiger partial charge is 0.336 e. The highest BCUT2D eigenvalue weighted by atomic mass is 16.2. The van der Waals surface area contributed by atoms with Gasteiger partial charge in [-0.1, -0.05) is 30.3 Å². The summed E-state index contributed by atoms with van der Waals surface area (Å²) in [6, 6.07) is 8.98. The van der Waals surface area contributed by atoms with Gasteiger partial charge in [0.25, 0.3) is 5.91 Å². The number of aldehydes is 1. The lowest BCUT2D eigenvalue weighted by Gasteiger charge is -2.23. The van der Waals surface area contributed by atoms with E-state index in [0.717, 1.165) is 23.4 Å². The molecule has 1 aliphatic heterocycles. The van der Waals surface area contributed by atoms with Crippen LogP contribution in [0.15, 0.2) is 36.4 Å². The number of urea groups is 1. The number of nitrogens with zero attached hydrogens (tertiary/aromatic N) is 2. The number of hydrogen-bond donors (Lipinski definition) is 1. The molecule has 0 aromatic heterocycles. The number of hydrazine groups is 1. The highest BCUT2D eigenvalue weighted by Crippen LogP contribution is 2.07. The zero-order valence-corrected chi connectivity index (χ0v) is 12.3. The Morgan fingerprint density at radius 3 is 2.50 bits per heavy atom. The summed E-state index contributed by atoms with van der Waals surface area (Å²) >= 11 is 0. The van der Waals surface area contributed by atoms with Crippen LogP contribution in [0.25, 0.3) is 6.08 Å². The van der Waals surface area contributed by atoms with Gasteiger partial charge in [-0.3, -0.25) is 4.79 Å². The highest BCUT2D eigenvalue weighted by Gasteiger charge is 2.21. The van der Waals surface area contributed by atoms with E-state index < -0.39 is 5.91 Å². The molecule has 1 fully saturated rings. The van der Waals surface area contributed by atoms with Crippen molar-refractivity contribution in [3.05, 3.63) is 42.0 Å². The van der Waals surface area contributed by atoms with Gasteiger partial charge in [-0.25, -0.2) is 15.2 Å². The van der Waals surface area contributed by atoms with Crippen LogP contribution in [0.1, 0.15) is 18.4 Å². The molecule has 0 spiro atoms. The van der Waals surface area contributed by atoms with E-state index in [1.807, 2.05) is 30.3 Å². The van der Waals surface area contributed by atoms with Crippen molar-refractivity contribution in [2.24, 2.45) is 0 Å². The quantitative estimate of drug-likeness (QED) is 0.520. The number of nitrogens with one attached hydrogen (secondary N) is 1. The lowest BCUT2D eigenvalue weighted by Crippen LogP contribution is -2.51. The van der Waals surface area contributed by atoms with Gasteiger partial charge in [0.2, 0.25) is 0 Å². The average Bonchev–Trinajstić information content (AvgIpc) is 3.07. The van der Waals surface area contributed by atoms with Gasteiger partial charge in [0.15, 0.2) is 0 Å². The van der Waals surface area contributed by atoms with Crippen LogP contribution in [-0.2, 0) is 9.59 Å². The van der Waals surface area contributed by atoms with Gasteiger partial charge in [-0.2, -0.15) is 0 Å². The predicted molar refractivity (Wildman–Crippen MR) is 82.6 cm³/mol. The molecule has 3 amide bonds. The minimum Gasteiger partial charge on any atom is -0.323 e. The zero-order chi connectivity index (χ0) is 15.8. The Morgan fingerprint density at radius 1 is 1.18 bits per heavy atom. The Labute approximate surface area is 129 Å². The number of carbonyl (C=O) groups excluding carboxylic acids is 3. The molecule has 1 aromatic rings. The third-order valence-electron chi connectivity index (χ3n) is 3.36. The fourth-order valence-corrected chi connectivity index (χ4v) is 2.19. The summed E-state index contributed by atoms with van der Waals surface area (Å²) in [5.41, 5.74) is 3.35. The first-order valence-electron chi connectivity index (χ1n) is 7.24. The third-order valence-corrected chi connectivity index (χ3v) is 3.36. The van der Waals surface area contributed by atoms with Gasteiger partial charge >= 0.3 is 6.03 Å². The van der Waals surface area contributed by atoms with E-state index >= 15 is 0 Å². The van der Waals surface area contributed by atoms with Crippen LogP contribution in [-0.4, -0.2) is 47.8 Å². The fourth-order valence-electron chi connectivity index (χ4n) is 2.19. The topological polar surface area (TPSA) is 69.7 Å². The van der Waals surface area contributed by atoms with Crippen molar-refractivity contribution in [3.8, 4) is 0 Å². The molecule has 1 saturated heterocycles. The Hall–Kier alpha value is -2.63. The molecule has 0 aliphatic carbocycles. The highest BCUT2D eigenvalue weighted by molar-refractivity contribution is 5.94. The summed E-state index contributed by atoms with van der Waals surface area (Å²) in [4.78, 5) is 36.4. The normalized spacial score (nSPS) is 14.1. The van der Waals surface area contributed by atoms with Crippen molar-refractivity contribution in [2.45, 2.75) is 12.8 Å². The van der Waals surface area contributed by atoms with Crippen LogP contribution in [0, 0.1) is 0 Å². The molecule has 0 atom stereocenters. The van der Waals surface area contributed by atoms with E-state index in [1.165, 1.54) is 6.08 Å². The maximum Gasteiger partial charge on any atom is 0.336 e. The van der Waals surface area contributed by atoms with E-state index in [-0.39, 0.29) is 12.6 Å². The summed E-state index contributed by atoms with van der Waals surface area (Å²) in [5, 5.41) is 1.02. The van der Waals surface area contributed by atoms with Crippen LogP contribution >= 0.6 is 0 Å². The van der Waals surface area contributed by atoms with Gasteiger partial charge < -0.3 is 9.69 Å². The zero-order valence-electron chi connectivity index (χ0n) is 12.3.